The van der Waals surface area contributed by atoms with E-state index in [9.17, 15) is 14.3 Å². The minimum Gasteiger partial charge on any atom is -0.444 e. The van der Waals surface area contributed by atoms with Gasteiger partial charge in [0.15, 0.2) is 0 Å². The van der Waals surface area contributed by atoms with Crippen molar-refractivity contribution in [1.29, 1.82) is 0 Å². The molecule has 2 rings (SSSR count). The van der Waals surface area contributed by atoms with E-state index in [1.54, 1.807) is 32.9 Å². The number of amides is 1. The molecule has 126 valence electrons. The zero-order valence-electron chi connectivity index (χ0n) is 13.8. The van der Waals surface area contributed by atoms with Gasteiger partial charge in [0.1, 0.15) is 11.4 Å². The number of halogens is 1. The van der Waals surface area contributed by atoms with E-state index in [1.165, 1.54) is 12.1 Å². The maximum absolute atomic E-state index is 13.1. The summed E-state index contributed by atoms with van der Waals surface area (Å²) in [5.41, 5.74) is 1.23. The maximum atomic E-state index is 13.1. The van der Waals surface area contributed by atoms with Gasteiger partial charge in [-0.3, -0.25) is 0 Å². The van der Waals surface area contributed by atoms with Crippen molar-refractivity contribution in [3.05, 3.63) is 41.7 Å². The van der Waals surface area contributed by atoms with Crippen LogP contribution in [0.1, 0.15) is 39.2 Å². The number of hydrogen-bond donors (Lipinski definition) is 2. The first-order chi connectivity index (χ1) is 10.8. The maximum Gasteiger partial charge on any atom is 0.407 e. The molecule has 23 heavy (non-hydrogen) atoms. The Hall–Kier alpha value is -1.88. The van der Waals surface area contributed by atoms with E-state index in [4.69, 9.17) is 4.74 Å². The van der Waals surface area contributed by atoms with E-state index in [0.717, 1.165) is 24.0 Å². The second-order valence-corrected chi connectivity index (χ2v) is 6.79. The molecule has 0 saturated heterocycles. The Labute approximate surface area is 136 Å². The zero-order valence-corrected chi connectivity index (χ0v) is 13.8. The van der Waals surface area contributed by atoms with Crippen LogP contribution in [0, 0.1) is 11.7 Å². The van der Waals surface area contributed by atoms with Crippen LogP contribution in [-0.4, -0.2) is 29.4 Å². The molecule has 1 aromatic rings. The molecule has 0 unspecified atom stereocenters. The quantitative estimate of drug-likeness (QED) is 0.896. The fourth-order valence-electron chi connectivity index (χ4n) is 2.82. The first-order valence-electron chi connectivity index (χ1n) is 7.86. The van der Waals surface area contributed by atoms with Crippen LogP contribution in [0.15, 0.2) is 30.3 Å². The Morgan fingerprint density at radius 1 is 1.35 bits per heavy atom. The summed E-state index contributed by atoms with van der Waals surface area (Å²) < 4.78 is 18.4. The van der Waals surface area contributed by atoms with Gasteiger partial charge in [-0.05, 0) is 56.9 Å². The largest absolute Gasteiger partial charge is 0.444 e. The number of alkyl carbamates (subject to hydrolysis) is 1. The van der Waals surface area contributed by atoms with Crippen LogP contribution in [0.4, 0.5) is 9.18 Å². The van der Waals surface area contributed by atoms with Gasteiger partial charge in [0.05, 0.1) is 6.61 Å². The molecule has 0 fully saturated rings. The molecule has 0 spiro atoms. The summed E-state index contributed by atoms with van der Waals surface area (Å²) in [6.07, 6.45) is 3.07. The average Bonchev–Trinajstić information content (AvgIpc) is 2.46. The van der Waals surface area contributed by atoms with Gasteiger partial charge in [-0.1, -0.05) is 18.2 Å². The lowest BCUT2D eigenvalue weighted by Gasteiger charge is -2.33. The highest BCUT2D eigenvalue weighted by Gasteiger charge is 2.30. The van der Waals surface area contributed by atoms with Crippen molar-refractivity contribution in [2.75, 3.05) is 6.61 Å². The van der Waals surface area contributed by atoms with E-state index in [1.807, 2.05) is 6.08 Å². The molecule has 1 aliphatic carbocycles. The van der Waals surface area contributed by atoms with Gasteiger partial charge < -0.3 is 15.2 Å². The number of rotatable bonds is 3. The predicted molar refractivity (Wildman–Crippen MR) is 87.3 cm³/mol. The molecule has 0 saturated carbocycles. The summed E-state index contributed by atoms with van der Waals surface area (Å²) in [7, 11) is 0. The van der Waals surface area contributed by atoms with E-state index < -0.39 is 11.7 Å². The Morgan fingerprint density at radius 2 is 2.00 bits per heavy atom. The Bertz CT molecular complexity index is 575. The van der Waals surface area contributed by atoms with Gasteiger partial charge >= 0.3 is 6.09 Å². The molecule has 2 N–H and O–H groups in total. The van der Waals surface area contributed by atoms with Gasteiger partial charge in [0, 0.05) is 12.0 Å². The molecule has 0 heterocycles. The molecular weight excluding hydrogens is 297 g/mol. The van der Waals surface area contributed by atoms with E-state index in [2.05, 4.69) is 5.32 Å². The number of hydrogen-bond acceptors (Lipinski definition) is 3. The Kier molecular flexibility index (Phi) is 5.42. The minimum atomic E-state index is -0.566. The molecule has 0 radical (unpaired) electrons. The fourth-order valence-corrected chi connectivity index (χ4v) is 2.82. The summed E-state index contributed by atoms with van der Waals surface area (Å²) in [5.74, 6) is -0.532. The molecule has 1 aliphatic rings. The molecule has 4 nitrogen and oxygen atoms in total. The third kappa shape index (κ3) is 4.79. The summed E-state index contributed by atoms with van der Waals surface area (Å²) >= 11 is 0. The predicted octanol–water partition coefficient (Wildman–Crippen LogP) is 3.50. The fraction of sp³-hybridized carbons (Fsp3) is 0.500. The lowest BCUT2D eigenvalue weighted by atomic mass is 9.80. The number of aliphatic hydroxyl groups is 1. The number of allylic oxidation sites excluding steroid dienone is 1. The highest BCUT2D eigenvalue weighted by atomic mass is 19.1. The number of carbonyl (C=O) groups excluding carboxylic acids is 1. The number of ether oxygens (including phenoxy) is 1. The molecular formula is C18H24FNO3. The highest BCUT2D eigenvalue weighted by molar-refractivity contribution is 5.72. The summed E-state index contributed by atoms with van der Waals surface area (Å²) in [4.78, 5) is 12.0. The van der Waals surface area contributed by atoms with Crippen molar-refractivity contribution >= 4 is 11.7 Å². The molecule has 0 bridgehead atoms. The molecule has 5 heteroatoms. The first kappa shape index (κ1) is 17.5. The lowest BCUT2D eigenvalue weighted by Crippen LogP contribution is -2.45. The van der Waals surface area contributed by atoms with E-state index in [-0.39, 0.29) is 24.4 Å². The highest BCUT2D eigenvalue weighted by Crippen LogP contribution is 2.33. The minimum absolute atomic E-state index is 0.0936. The Balaban J connectivity index is 2.13. The van der Waals surface area contributed by atoms with Gasteiger partial charge in [-0.2, -0.15) is 0 Å². The molecule has 0 aliphatic heterocycles. The zero-order chi connectivity index (χ0) is 17.0. The third-order valence-corrected chi connectivity index (χ3v) is 3.80. The van der Waals surface area contributed by atoms with Crippen LogP contribution in [0.5, 0.6) is 0 Å². The van der Waals surface area contributed by atoms with Crippen molar-refractivity contribution in [1.82, 2.24) is 5.32 Å². The molecule has 1 amide bonds. The van der Waals surface area contributed by atoms with Crippen molar-refractivity contribution in [3.8, 4) is 0 Å². The SMILES string of the molecule is CC(C)(C)OC(=O)N[C@@H]1CCC=C(c2ccc(F)cc2)[C@H]1CO. The molecule has 2 atom stereocenters. The average molecular weight is 321 g/mol. The van der Waals surface area contributed by atoms with Crippen molar-refractivity contribution < 1.29 is 19.0 Å². The van der Waals surface area contributed by atoms with Crippen molar-refractivity contribution in [2.24, 2.45) is 5.92 Å². The van der Waals surface area contributed by atoms with E-state index in [0.29, 0.717) is 0 Å². The van der Waals surface area contributed by atoms with Crippen LogP contribution < -0.4 is 5.32 Å². The van der Waals surface area contributed by atoms with Gasteiger partial charge in [-0.25, -0.2) is 9.18 Å². The number of nitrogens with one attached hydrogen (secondary N) is 1. The molecule has 0 aromatic heterocycles. The topological polar surface area (TPSA) is 58.6 Å². The number of carbonyl (C=O) groups is 1. The van der Waals surface area contributed by atoms with Gasteiger partial charge in [-0.15, -0.1) is 0 Å². The Morgan fingerprint density at radius 3 is 2.57 bits per heavy atom. The van der Waals surface area contributed by atoms with Gasteiger partial charge in [0.25, 0.3) is 0 Å². The van der Waals surface area contributed by atoms with Crippen LogP contribution in [0.2, 0.25) is 0 Å². The normalized spacial score (nSPS) is 21.5. The monoisotopic (exact) mass is 321 g/mol. The summed E-state index contributed by atoms with van der Waals surface area (Å²) in [6, 6.07) is 5.98. The van der Waals surface area contributed by atoms with Crippen LogP contribution in [0.25, 0.3) is 5.57 Å². The van der Waals surface area contributed by atoms with Crippen LogP contribution >= 0.6 is 0 Å². The lowest BCUT2D eigenvalue weighted by molar-refractivity contribution is 0.0479. The van der Waals surface area contributed by atoms with Crippen molar-refractivity contribution in [2.45, 2.75) is 45.3 Å². The smallest absolute Gasteiger partial charge is 0.407 e. The summed E-state index contributed by atoms with van der Waals surface area (Å²) in [5, 5.41) is 12.6. The number of benzene rings is 1. The first-order valence-corrected chi connectivity index (χ1v) is 7.86. The third-order valence-electron chi connectivity index (χ3n) is 3.80. The standard InChI is InChI=1S/C18H24FNO3/c1-18(2,3)23-17(22)20-16-6-4-5-14(15(16)11-21)12-7-9-13(19)10-8-12/h5,7-10,15-16,21H,4,6,11H2,1-3H3,(H,20,22)/t15-,16-/m1/s1. The number of aliphatic hydroxyl groups excluding tert-OH is 1. The second-order valence-electron chi connectivity index (χ2n) is 6.79. The van der Waals surface area contributed by atoms with Gasteiger partial charge in [0.2, 0.25) is 0 Å². The van der Waals surface area contributed by atoms with Crippen molar-refractivity contribution in [3.63, 3.8) is 0 Å². The summed E-state index contributed by atoms with van der Waals surface area (Å²) in [6.45, 7) is 5.33. The van der Waals surface area contributed by atoms with Crippen LogP contribution in [0.3, 0.4) is 0 Å². The van der Waals surface area contributed by atoms with Crippen LogP contribution in [-0.2, 0) is 4.74 Å². The molecule has 1 aromatic carbocycles. The second kappa shape index (κ2) is 7.13. The van der Waals surface area contributed by atoms with E-state index >= 15 is 0 Å².